The SMILES string of the molecule is CC/C=C(\C=C/CCl)C1Cc2c(C)sc(SCc3ccccc3)c2C(NO)C1. The number of hydrogen-bond acceptors (Lipinski definition) is 4. The normalized spacial score (nSPS) is 19.9. The Kier molecular flexibility index (Phi) is 8.24. The van der Waals surface area contributed by atoms with Crippen LogP contribution in [-0.2, 0) is 12.2 Å². The van der Waals surface area contributed by atoms with Gasteiger partial charge in [0.25, 0.3) is 0 Å². The van der Waals surface area contributed by atoms with Gasteiger partial charge in [-0.2, -0.15) is 5.48 Å². The van der Waals surface area contributed by atoms with E-state index < -0.39 is 0 Å². The van der Waals surface area contributed by atoms with Gasteiger partial charge in [0.1, 0.15) is 0 Å². The van der Waals surface area contributed by atoms with Crippen LogP contribution in [0, 0.1) is 12.8 Å². The minimum atomic E-state index is -0.0263. The first-order chi connectivity index (χ1) is 13.7. The van der Waals surface area contributed by atoms with Gasteiger partial charge >= 0.3 is 0 Å². The summed E-state index contributed by atoms with van der Waals surface area (Å²) in [6, 6.07) is 10.5. The fourth-order valence-electron chi connectivity index (χ4n) is 3.90. The number of nitrogens with one attached hydrogen (secondary N) is 1. The van der Waals surface area contributed by atoms with Crippen LogP contribution in [0.3, 0.4) is 0 Å². The fourth-order valence-corrected chi connectivity index (χ4v) is 6.65. The third-order valence-corrected chi connectivity index (χ3v) is 7.91. The summed E-state index contributed by atoms with van der Waals surface area (Å²) in [5.74, 6) is 1.88. The van der Waals surface area contributed by atoms with Gasteiger partial charge in [-0.3, -0.25) is 0 Å². The highest BCUT2D eigenvalue weighted by atomic mass is 35.5. The van der Waals surface area contributed by atoms with Crippen molar-refractivity contribution in [3.05, 3.63) is 75.7 Å². The van der Waals surface area contributed by atoms with Crippen LogP contribution in [0.2, 0.25) is 0 Å². The van der Waals surface area contributed by atoms with Gasteiger partial charge in [-0.05, 0) is 54.4 Å². The van der Waals surface area contributed by atoms with Gasteiger partial charge in [-0.15, -0.1) is 34.7 Å². The van der Waals surface area contributed by atoms with Gasteiger partial charge in [0.15, 0.2) is 0 Å². The lowest BCUT2D eigenvalue weighted by Gasteiger charge is -2.31. The number of hydrogen-bond donors (Lipinski definition) is 2. The van der Waals surface area contributed by atoms with Gasteiger partial charge in [0.05, 0.1) is 10.3 Å². The van der Waals surface area contributed by atoms with E-state index in [0.717, 1.165) is 25.0 Å². The van der Waals surface area contributed by atoms with Gasteiger partial charge in [-0.25, -0.2) is 0 Å². The Balaban J connectivity index is 1.85. The average Bonchev–Trinajstić information content (AvgIpc) is 3.05. The molecule has 2 N–H and O–H groups in total. The minimum Gasteiger partial charge on any atom is -0.316 e. The zero-order valence-corrected chi connectivity index (χ0v) is 18.8. The Hall–Kier alpha value is -1.04. The summed E-state index contributed by atoms with van der Waals surface area (Å²) < 4.78 is 1.33. The van der Waals surface area contributed by atoms with Crippen molar-refractivity contribution in [1.82, 2.24) is 5.48 Å². The lowest BCUT2D eigenvalue weighted by atomic mass is 9.78. The van der Waals surface area contributed by atoms with Crippen molar-refractivity contribution in [3.63, 3.8) is 0 Å². The maximum Gasteiger partial charge on any atom is 0.0656 e. The van der Waals surface area contributed by atoms with E-state index in [9.17, 15) is 5.21 Å². The molecule has 28 heavy (non-hydrogen) atoms. The summed E-state index contributed by atoms with van der Waals surface area (Å²) in [6.07, 6.45) is 9.40. The van der Waals surface area contributed by atoms with Crippen molar-refractivity contribution in [2.75, 3.05) is 5.88 Å². The molecule has 0 bridgehead atoms. The van der Waals surface area contributed by atoms with Crippen molar-refractivity contribution < 1.29 is 5.21 Å². The number of hydroxylamine groups is 1. The molecule has 1 aliphatic carbocycles. The molecule has 0 amide bonds. The smallest absolute Gasteiger partial charge is 0.0656 e. The first-order valence-electron chi connectivity index (χ1n) is 9.78. The van der Waals surface area contributed by atoms with E-state index >= 15 is 0 Å². The van der Waals surface area contributed by atoms with Gasteiger partial charge in [0, 0.05) is 16.5 Å². The highest BCUT2D eigenvalue weighted by molar-refractivity contribution is 8.00. The number of halogens is 1. The fraction of sp³-hybridized carbons (Fsp3) is 0.391. The molecule has 150 valence electrons. The summed E-state index contributed by atoms with van der Waals surface area (Å²) in [5.41, 5.74) is 7.98. The third-order valence-electron chi connectivity index (χ3n) is 5.21. The predicted octanol–water partition coefficient (Wildman–Crippen LogP) is 7.06. The Morgan fingerprint density at radius 1 is 1.36 bits per heavy atom. The molecule has 3 rings (SSSR count). The Morgan fingerprint density at radius 3 is 2.82 bits per heavy atom. The van der Waals surface area contributed by atoms with E-state index in [1.54, 1.807) is 0 Å². The quantitative estimate of drug-likeness (QED) is 0.202. The Morgan fingerprint density at radius 2 is 2.14 bits per heavy atom. The molecule has 5 heteroatoms. The van der Waals surface area contributed by atoms with Crippen LogP contribution < -0.4 is 5.48 Å². The Labute approximate surface area is 181 Å². The van der Waals surface area contributed by atoms with Crippen molar-refractivity contribution in [2.24, 2.45) is 5.92 Å². The van der Waals surface area contributed by atoms with Gasteiger partial charge < -0.3 is 5.21 Å². The number of benzene rings is 1. The van der Waals surface area contributed by atoms with Crippen molar-refractivity contribution in [3.8, 4) is 0 Å². The van der Waals surface area contributed by atoms with E-state index in [1.165, 1.54) is 31.3 Å². The summed E-state index contributed by atoms with van der Waals surface area (Å²) in [5, 5.41) is 9.95. The van der Waals surface area contributed by atoms with Crippen molar-refractivity contribution in [2.45, 2.75) is 49.1 Å². The number of fused-ring (bicyclic) bond motifs is 1. The number of alkyl halides is 1. The standard InChI is InChI=1S/C23H28ClNOS2/c1-3-8-18(11-7-12-24)19-13-20-16(2)28-23(22(20)21(14-19)25-26)27-15-17-9-5-4-6-10-17/h4-11,19,21,25-26H,3,12-15H2,1-2H3/b11-7-,18-8+. The van der Waals surface area contributed by atoms with Crippen LogP contribution in [0.5, 0.6) is 0 Å². The molecular formula is C23H28ClNOS2. The molecule has 1 aromatic heterocycles. The molecule has 1 heterocycles. The van der Waals surface area contributed by atoms with Gasteiger partial charge in [-0.1, -0.05) is 55.5 Å². The van der Waals surface area contributed by atoms with Crippen molar-refractivity contribution >= 4 is 34.7 Å². The van der Waals surface area contributed by atoms with E-state index in [2.05, 4.69) is 61.8 Å². The highest BCUT2D eigenvalue weighted by Crippen LogP contribution is 2.47. The molecule has 0 saturated carbocycles. The maximum absolute atomic E-state index is 9.95. The monoisotopic (exact) mass is 433 g/mol. The van der Waals surface area contributed by atoms with Crippen LogP contribution in [-0.4, -0.2) is 11.1 Å². The maximum atomic E-state index is 9.95. The summed E-state index contributed by atoms with van der Waals surface area (Å²) in [6.45, 7) is 4.38. The number of allylic oxidation sites excluding steroid dienone is 4. The molecule has 0 radical (unpaired) electrons. The third kappa shape index (κ3) is 5.11. The van der Waals surface area contributed by atoms with Crippen molar-refractivity contribution in [1.29, 1.82) is 0 Å². The van der Waals surface area contributed by atoms with Crippen LogP contribution in [0.4, 0.5) is 0 Å². The summed E-state index contributed by atoms with van der Waals surface area (Å²) in [7, 11) is 0. The molecule has 2 unspecified atom stereocenters. The summed E-state index contributed by atoms with van der Waals surface area (Å²) >= 11 is 9.62. The second-order valence-corrected chi connectivity index (χ2v) is 9.88. The first kappa shape index (κ1) is 21.7. The largest absolute Gasteiger partial charge is 0.316 e. The molecule has 2 aromatic rings. The topological polar surface area (TPSA) is 32.3 Å². The zero-order chi connectivity index (χ0) is 19.9. The molecule has 2 nitrogen and oxygen atoms in total. The minimum absolute atomic E-state index is 0.0263. The molecule has 1 aromatic carbocycles. The highest BCUT2D eigenvalue weighted by Gasteiger charge is 2.33. The van der Waals surface area contributed by atoms with E-state index in [-0.39, 0.29) is 6.04 Å². The zero-order valence-electron chi connectivity index (χ0n) is 16.5. The van der Waals surface area contributed by atoms with Crippen LogP contribution in [0.15, 0.2) is 58.3 Å². The molecule has 0 saturated heterocycles. The van der Waals surface area contributed by atoms with Crippen LogP contribution in [0.1, 0.15) is 47.4 Å². The van der Waals surface area contributed by atoms with E-state index in [1.807, 2.05) is 29.2 Å². The van der Waals surface area contributed by atoms with Gasteiger partial charge in [0.2, 0.25) is 0 Å². The molecule has 1 aliphatic rings. The van der Waals surface area contributed by atoms with E-state index in [4.69, 9.17) is 11.6 Å². The second kappa shape index (κ2) is 10.7. The average molecular weight is 434 g/mol. The lowest BCUT2D eigenvalue weighted by molar-refractivity contribution is 0.110. The number of thiophene rings is 1. The molecule has 0 fully saturated rings. The molecular weight excluding hydrogens is 406 g/mol. The first-order valence-corrected chi connectivity index (χ1v) is 12.1. The number of thioether (sulfide) groups is 1. The molecule has 0 aliphatic heterocycles. The Bertz CT molecular complexity index is 829. The number of rotatable bonds is 8. The van der Waals surface area contributed by atoms with Crippen LogP contribution in [0.25, 0.3) is 0 Å². The molecule has 2 atom stereocenters. The summed E-state index contributed by atoms with van der Waals surface area (Å²) in [4.78, 5) is 1.37. The predicted molar refractivity (Wildman–Crippen MR) is 123 cm³/mol. The number of aryl methyl sites for hydroxylation is 1. The second-order valence-electron chi connectivity index (χ2n) is 7.10. The van der Waals surface area contributed by atoms with E-state index in [0.29, 0.717) is 11.8 Å². The molecule has 0 spiro atoms. The lowest BCUT2D eigenvalue weighted by Crippen LogP contribution is -2.28. The van der Waals surface area contributed by atoms with Crippen LogP contribution >= 0.6 is 34.7 Å².